The number of anilines is 1. The van der Waals surface area contributed by atoms with Crippen LogP contribution in [0.25, 0.3) is 0 Å². The van der Waals surface area contributed by atoms with Crippen LogP contribution in [-0.4, -0.2) is 28.0 Å². The second-order valence-corrected chi connectivity index (χ2v) is 4.97. The van der Waals surface area contributed by atoms with Gasteiger partial charge in [-0.2, -0.15) is 0 Å². The lowest BCUT2D eigenvalue weighted by molar-refractivity contribution is -0.119. The highest BCUT2D eigenvalue weighted by Crippen LogP contribution is 2.24. The van der Waals surface area contributed by atoms with E-state index in [9.17, 15) is 24.6 Å². The van der Waals surface area contributed by atoms with Crippen LogP contribution in [0.15, 0.2) is 54.6 Å². The van der Waals surface area contributed by atoms with E-state index >= 15 is 0 Å². The fourth-order valence-electron chi connectivity index (χ4n) is 2.20. The van der Waals surface area contributed by atoms with E-state index in [0.29, 0.717) is 5.69 Å². The predicted molar refractivity (Wildman–Crippen MR) is 82.8 cm³/mol. The molecule has 0 saturated carbocycles. The number of phenolic OH excluding ortho intramolecular Hbond substituents is 2. The van der Waals surface area contributed by atoms with Crippen molar-refractivity contribution in [3.8, 4) is 17.2 Å². The largest absolute Gasteiger partial charge is 0.508 e. The van der Waals surface area contributed by atoms with Gasteiger partial charge in [0.1, 0.15) is 17.2 Å². The van der Waals surface area contributed by atoms with Crippen molar-refractivity contribution in [3.05, 3.63) is 60.2 Å². The average molecular weight is 325 g/mol. The van der Waals surface area contributed by atoms with Gasteiger partial charge in [-0.05, 0) is 36.4 Å². The quantitative estimate of drug-likeness (QED) is 0.506. The predicted octanol–water partition coefficient (Wildman–Crippen LogP) is 1.75. The smallest absolute Gasteiger partial charge is 0.343 e. The number of carbonyl (C=O) groups is 3. The highest BCUT2D eigenvalue weighted by molar-refractivity contribution is 6.28. The van der Waals surface area contributed by atoms with Crippen LogP contribution in [0.5, 0.6) is 17.2 Å². The molecule has 1 heterocycles. The lowest BCUT2D eigenvalue weighted by Gasteiger charge is -2.14. The van der Waals surface area contributed by atoms with Crippen LogP contribution in [0, 0.1) is 0 Å². The van der Waals surface area contributed by atoms with E-state index in [0.717, 1.165) is 23.1 Å². The average Bonchev–Trinajstić information content (AvgIpc) is 2.86. The molecular formula is C17H11NO6. The van der Waals surface area contributed by atoms with Crippen molar-refractivity contribution in [2.45, 2.75) is 0 Å². The molecule has 2 aromatic carbocycles. The number of rotatable bonds is 3. The Morgan fingerprint density at radius 1 is 0.875 bits per heavy atom. The molecule has 24 heavy (non-hydrogen) atoms. The minimum Gasteiger partial charge on any atom is -0.508 e. The highest BCUT2D eigenvalue weighted by atomic mass is 16.5. The Kier molecular flexibility index (Phi) is 3.75. The lowest BCUT2D eigenvalue weighted by atomic mass is 10.2. The van der Waals surface area contributed by atoms with Gasteiger partial charge in [-0.3, -0.25) is 9.59 Å². The van der Waals surface area contributed by atoms with Gasteiger partial charge < -0.3 is 14.9 Å². The van der Waals surface area contributed by atoms with Crippen molar-refractivity contribution >= 4 is 23.5 Å². The lowest BCUT2D eigenvalue weighted by Crippen LogP contribution is -2.29. The third-order valence-electron chi connectivity index (χ3n) is 3.25. The van der Waals surface area contributed by atoms with Gasteiger partial charge in [0.15, 0.2) is 0 Å². The van der Waals surface area contributed by atoms with Gasteiger partial charge in [0.2, 0.25) is 0 Å². The molecule has 0 atom stereocenters. The topological polar surface area (TPSA) is 104 Å². The minimum absolute atomic E-state index is 0.0225. The summed E-state index contributed by atoms with van der Waals surface area (Å²) in [4.78, 5) is 36.1. The van der Waals surface area contributed by atoms with Crippen molar-refractivity contribution in [1.82, 2.24) is 0 Å². The number of carbonyl (C=O) groups excluding carboxylic acids is 3. The van der Waals surface area contributed by atoms with Gasteiger partial charge in [-0.15, -0.1) is 0 Å². The van der Waals surface area contributed by atoms with Gasteiger partial charge in [0, 0.05) is 18.2 Å². The minimum atomic E-state index is -0.774. The van der Waals surface area contributed by atoms with Crippen LogP contribution < -0.4 is 9.64 Å². The van der Waals surface area contributed by atoms with Crippen LogP contribution in [0.3, 0.4) is 0 Å². The first-order chi connectivity index (χ1) is 11.4. The molecule has 1 aliphatic rings. The van der Waals surface area contributed by atoms with E-state index in [1.54, 1.807) is 0 Å². The summed E-state index contributed by atoms with van der Waals surface area (Å²) in [5, 5.41) is 18.7. The Morgan fingerprint density at radius 2 is 1.42 bits per heavy atom. The molecule has 0 aromatic heterocycles. The molecule has 0 spiro atoms. The van der Waals surface area contributed by atoms with E-state index in [1.165, 1.54) is 36.4 Å². The molecule has 3 rings (SSSR count). The third kappa shape index (κ3) is 2.95. The fourth-order valence-corrected chi connectivity index (χ4v) is 2.20. The zero-order valence-corrected chi connectivity index (χ0v) is 12.2. The molecule has 0 bridgehead atoms. The molecule has 2 aromatic rings. The standard InChI is InChI=1S/C17H11NO6/c19-12-7-10(8-13(20)9-12)17(23)24-14-3-1-11(2-4-14)18-15(21)5-6-16(18)22/h1-9,19-20H. The zero-order chi connectivity index (χ0) is 17.3. The van der Waals surface area contributed by atoms with E-state index in [1.807, 2.05) is 0 Å². The number of phenols is 2. The first kappa shape index (κ1) is 15.3. The third-order valence-corrected chi connectivity index (χ3v) is 3.25. The fraction of sp³-hybridized carbons (Fsp3) is 0. The first-order valence-electron chi connectivity index (χ1n) is 6.85. The number of imide groups is 1. The van der Waals surface area contributed by atoms with Crippen LogP contribution in [0.4, 0.5) is 5.69 Å². The first-order valence-corrected chi connectivity index (χ1v) is 6.85. The van der Waals surface area contributed by atoms with E-state index in [2.05, 4.69) is 0 Å². The second kappa shape index (κ2) is 5.88. The van der Waals surface area contributed by atoms with Gasteiger partial charge in [0.05, 0.1) is 11.3 Å². The SMILES string of the molecule is O=C(Oc1ccc(N2C(=O)C=CC2=O)cc1)c1cc(O)cc(O)c1. The van der Waals surface area contributed by atoms with E-state index in [-0.39, 0.29) is 22.8 Å². The number of benzene rings is 2. The Hall–Kier alpha value is -3.61. The molecule has 2 amide bonds. The van der Waals surface area contributed by atoms with Crippen molar-refractivity contribution in [2.24, 2.45) is 0 Å². The van der Waals surface area contributed by atoms with Crippen molar-refractivity contribution < 1.29 is 29.3 Å². The van der Waals surface area contributed by atoms with Crippen LogP contribution >= 0.6 is 0 Å². The number of ether oxygens (including phenoxy) is 1. The summed E-state index contributed by atoms with van der Waals surface area (Å²) < 4.78 is 5.12. The summed E-state index contributed by atoms with van der Waals surface area (Å²) in [6.07, 6.45) is 2.34. The van der Waals surface area contributed by atoms with Crippen molar-refractivity contribution in [2.75, 3.05) is 4.90 Å². The number of aromatic hydroxyl groups is 2. The molecule has 0 unspecified atom stereocenters. The number of esters is 1. The second-order valence-electron chi connectivity index (χ2n) is 4.97. The normalized spacial score (nSPS) is 13.4. The van der Waals surface area contributed by atoms with Gasteiger partial charge in [-0.25, -0.2) is 9.69 Å². The molecular weight excluding hydrogens is 314 g/mol. The molecule has 0 aliphatic carbocycles. The van der Waals surface area contributed by atoms with Gasteiger partial charge in [0.25, 0.3) is 11.8 Å². The number of amides is 2. The number of nitrogens with zero attached hydrogens (tertiary/aromatic N) is 1. The van der Waals surface area contributed by atoms with Crippen molar-refractivity contribution in [3.63, 3.8) is 0 Å². The molecule has 120 valence electrons. The summed E-state index contributed by atoms with van der Waals surface area (Å²) >= 11 is 0. The van der Waals surface area contributed by atoms with Gasteiger partial charge in [-0.1, -0.05) is 0 Å². The number of hydrogen-bond acceptors (Lipinski definition) is 6. The summed E-state index contributed by atoms with van der Waals surface area (Å²) in [5.41, 5.74) is 0.329. The Morgan fingerprint density at radius 3 is 1.96 bits per heavy atom. The Bertz CT molecular complexity index is 831. The summed E-state index contributed by atoms with van der Waals surface area (Å²) in [6, 6.07) is 9.18. The molecule has 7 nitrogen and oxygen atoms in total. The summed E-state index contributed by atoms with van der Waals surface area (Å²) in [7, 11) is 0. The van der Waals surface area contributed by atoms with E-state index in [4.69, 9.17) is 4.74 Å². The van der Waals surface area contributed by atoms with Crippen LogP contribution in [0.1, 0.15) is 10.4 Å². The van der Waals surface area contributed by atoms with E-state index < -0.39 is 17.8 Å². The Labute approximate surface area is 136 Å². The maximum atomic E-state index is 12.0. The summed E-state index contributed by atoms with van der Waals surface area (Å²) in [5.74, 6) is -2.02. The molecule has 1 aliphatic heterocycles. The zero-order valence-electron chi connectivity index (χ0n) is 12.2. The van der Waals surface area contributed by atoms with Crippen molar-refractivity contribution in [1.29, 1.82) is 0 Å². The molecule has 0 saturated heterocycles. The maximum absolute atomic E-state index is 12.0. The molecule has 7 heteroatoms. The molecule has 0 fully saturated rings. The highest BCUT2D eigenvalue weighted by Gasteiger charge is 2.25. The monoisotopic (exact) mass is 325 g/mol. The maximum Gasteiger partial charge on any atom is 0.343 e. The summed E-state index contributed by atoms with van der Waals surface area (Å²) in [6.45, 7) is 0. The molecule has 2 N–H and O–H groups in total. The van der Waals surface area contributed by atoms with Crippen LogP contribution in [-0.2, 0) is 9.59 Å². The molecule has 0 radical (unpaired) electrons. The number of hydrogen-bond donors (Lipinski definition) is 2. The van der Waals surface area contributed by atoms with Crippen LogP contribution in [0.2, 0.25) is 0 Å². The van der Waals surface area contributed by atoms with Gasteiger partial charge >= 0.3 is 5.97 Å². The Balaban J connectivity index is 1.75.